The second-order valence-electron chi connectivity index (χ2n) is 6.60. The van der Waals surface area contributed by atoms with Gasteiger partial charge in [-0.1, -0.05) is 13.3 Å². The molecule has 2 bridgehead atoms. The molecule has 1 aromatic rings. The van der Waals surface area contributed by atoms with E-state index >= 15 is 0 Å². The molecule has 3 aliphatic rings. The van der Waals surface area contributed by atoms with Gasteiger partial charge in [0.2, 0.25) is 0 Å². The molecule has 5 heteroatoms. The first-order valence-corrected chi connectivity index (χ1v) is 7.90. The topological polar surface area (TPSA) is 75.9 Å². The Kier molecular flexibility index (Phi) is 2.84. The zero-order valence-corrected chi connectivity index (χ0v) is 12.0. The lowest BCUT2D eigenvalue weighted by Crippen LogP contribution is -2.18. The lowest BCUT2D eigenvalue weighted by atomic mass is 10.0. The smallest absolute Gasteiger partial charge is 0.148 e. The summed E-state index contributed by atoms with van der Waals surface area (Å²) in [5.41, 5.74) is 3.84. The van der Waals surface area contributed by atoms with Crippen LogP contribution in [-0.2, 0) is 6.42 Å². The number of nitrogens with zero attached hydrogens (tertiary/aromatic N) is 2. The highest BCUT2D eigenvalue weighted by Gasteiger charge is 2.65. The van der Waals surface area contributed by atoms with E-state index in [1.165, 1.54) is 19.3 Å². The van der Waals surface area contributed by atoms with Crippen molar-refractivity contribution in [1.82, 2.24) is 9.97 Å². The van der Waals surface area contributed by atoms with Crippen molar-refractivity contribution in [3.63, 3.8) is 0 Å². The normalized spacial score (nSPS) is 36.8. The van der Waals surface area contributed by atoms with Gasteiger partial charge < -0.3 is 10.7 Å². The predicted octanol–water partition coefficient (Wildman–Crippen LogP) is 2.17. The molecule has 4 N–H and O–H groups in total. The number of fused-ring (bicyclic) bond motifs is 5. The maximum atomic E-state index is 5.57. The van der Waals surface area contributed by atoms with E-state index in [9.17, 15) is 0 Å². The summed E-state index contributed by atoms with van der Waals surface area (Å²) in [6, 6.07) is 0.650. The molecule has 0 aromatic carbocycles. The van der Waals surface area contributed by atoms with Gasteiger partial charge in [-0.25, -0.2) is 15.8 Å². The highest BCUT2D eigenvalue weighted by Crippen LogP contribution is 2.66. The Morgan fingerprint density at radius 1 is 1.20 bits per heavy atom. The summed E-state index contributed by atoms with van der Waals surface area (Å²) < 4.78 is 0. The fourth-order valence-electron chi connectivity index (χ4n) is 4.82. The second kappa shape index (κ2) is 4.58. The Morgan fingerprint density at radius 2 is 1.90 bits per heavy atom. The molecule has 0 spiro atoms. The Hall–Kier alpha value is -1.36. The molecule has 20 heavy (non-hydrogen) atoms. The van der Waals surface area contributed by atoms with E-state index in [1.807, 2.05) is 0 Å². The van der Waals surface area contributed by atoms with Crippen LogP contribution in [0.15, 0.2) is 6.33 Å². The van der Waals surface area contributed by atoms with Crippen LogP contribution in [0.2, 0.25) is 0 Å². The van der Waals surface area contributed by atoms with Crippen molar-refractivity contribution in [2.75, 3.05) is 10.7 Å². The number of hydrogen-bond donors (Lipinski definition) is 3. The Balaban J connectivity index is 1.55. The summed E-state index contributed by atoms with van der Waals surface area (Å²) in [5.74, 6) is 11.1. The van der Waals surface area contributed by atoms with Crippen LogP contribution in [0.3, 0.4) is 0 Å². The molecule has 4 atom stereocenters. The van der Waals surface area contributed by atoms with Crippen LogP contribution in [0.5, 0.6) is 0 Å². The summed E-state index contributed by atoms with van der Waals surface area (Å²) in [6.45, 7) is 2.17. The zero-order valence-electron chi connectivity index (χ0n) is 12.0. The van der Waals surface area contributed by atoms with E-state index in [1.54, 1.807) is 6.33 Å². The van der Waals surface area contributed by atoms with Crippen LogP contribution < -0.4 is 16.6 Å². The van der Waals surface area contributed by atoms with E-state index in [-0.39, 0.29) is 0 Å². The molecule has 3 fully saturated rings. The van der Waals surface area contributed by atoms with Gasteiger partial charge in [0.05, 0.1) is 0 Å². The molecule has 108 valence electrons. The minimum atomic E-state index is 0.650. The average molecular weight is 273 g/mol. The Bertz CT molecular complexity index is 501. The average Bonchev–Trinajstić information content (AvgIpc) is 2.84. The first-order chi connectivity index (χ1) is 9.83. The number of nitrogens with one attached hydrogen (secondary N) is 2. The first-order valence-electron chi connectivity index (χ1n) is 7.90. The fraction of sp³-hybridized carbons (Fsp3) is 0.733. The van der Waals surface area contributed by atoms with Gasteiger partial charge in [0.25, 0.3) is 0 Å². The minimum Gasteiger partial charge on any atom is -0.366 e. The first kappa shape index (κ1) is 12.4. The molecule has 3 aliphatic carbocycles. The lowest BCUT2D eigenvalue weighted by Gasteiger charge is -2.15. The molecule has 0 radical (unpaired) electrons. The predicted molar refractivity (Wildman–Crippen MR) is 79.1 cm³/mol. The number of hydrogen-bond acceptors (Lipinski definition) is 5. The van der Waals surface area contributed by atoms with Crippen molar-refractivity contribution >= 4 is 11.6 Å². The number of nitrogens with two attached hydrogens (primary N) is 1. The third-order valence-electron chi connectivity index (χ3n) is 5.62. The summed E-state index contributed by atoms with van der Waals surface area (Å²) in [7, 11) is 0. The van der Waals surface area contributed by atoms with Crippen molar-refractivity contribution in [3.8, 4) is 0 Å². The van der Waals surface area contributed by atoms with Crippen LogP contribution in [-0.4, -0.2) is 16.0 Å². The highest BCUT2D eigenvalue weighted by atomic mass is 15.3. The maximum Gasteiger partial charge on any atom is 0.148 e. The molecule has 0 amide bonds. The molecule has 4 unspecified atom stereocenters. The largest absolute Gasteiger partial charge is 0.366 e. The van der Waals surface area contributed by atoms with E-state index < -0.39 is 0 Å². The summed E-state index contributed by atoms with van der Waals surface area (Å²) in [6.07, 6.45) is 8.01. The molecular formula is C15H23N5. The number of hydrazine groups is 1. The molecule has 3 saturated carbocycles. The van der Waals surface area contributed by atoms with E-state index in [0.717, 1.165) is 53.7 Å². The van der Waals surface area contributed by atoms with Crippen LogP contribution in [0, 0.1) is 23.7 Å². The quantitative estimate of drug-likeness (QED) is 0.566. The van der Waals surface area contributed by atoms with Crippen LogP contribution >= 0.6 is 0 Å². The fourth-order valence-corrected chi connectivity index (χ4v) is 4.82. The van der Waals surface area contributed by atoms with E-state index in [2.05, 4.69) is 27.6 Å². The summed E-state index contributed by atoms with van der Waals surface area (Å²) in [4.78, 5) is 8.70. The zero-order chi connectivity index (χ0) is 13.7. The number of nitrogen functional groups attached to an aromatic ring is 1. The van der Waals surface area contributed by atoms with Crippen molar-refractivity contribution in [2.45, 2.75) is 45.1 Å². The van der Waals surface area contributed by atoms with E-state index in [0.29, 0.717) is 6.04 Å². The van der Waals surface area contributed by atoms with Crippen molar-refractivity contribution in [1.29, 1.82) is 0 Å². The monoisotopic (exact) mass is 273 g/mol. The molecule has 1 heterocycles. The van der Waals surface area contributed by atoms with Gasteiger partial charge >= 0.3 is 0 Å². The van der Waals surface area contributed by atoms with Crippen molar-refractivity contribution in [2.24, 2.45) is 29.5 Å². The lowest BCUT2D eigenvalue weighted by molar-refractivity contribution is 0.456. The van der Waals surface area contributed by atoms with Gasteiger partial charge in [0, 0.05) is 11.6 Å². The van der Waals surface area contributed by atoms with Crippen LogP contribution in [0.4, 0.5) is 11.6 Å². The Labute approximate surface area is 119 Å². The standard InChI is InChI=1S/C15H23N5/c1-2-3-10-14(17-7-18-15(10)20-16)19-13-11-8-4-5-9(6-8)12(11)13/h7-9,11-13H,2-6,16H2,1H3,(H2,17,18,19,20). The number of aromatic nitrogens is 2. The molecule has 0 aliphatic heterocycles. The molecule has 0 saturated heterocycles. The molecular weight excluding hydrogens is 250 g/mol. The highest BCUT2D eigenvalue weighted by molar-refractivity contribution is 5.58. The van der Waals surface area contributed by atoms with Gasteiger partial charge in [0.15, 0.2) is 0 Å². The van der Waals surface area contributed by atoms with Crippen LogP contribution in [0.25, 0.3) is 0 Å². The third kappa shape index (κ3) is 1.72. The van der Waals surface area contributed by atoms with Crippen LogP contribution in [0.1, 0.15) is 38.2 Å². The van der Waals surface area contributed by atoms with Crippen molar-refractivity contribution < 1.29 is 0 Å². The van der Waals surface area contributed by atoms with E-state index in [4.69, 9.17) is 5.84 Å². The van der Waals surface area contributed by atoms with Crippen molar-refractivity contribution in [3.05, 3.63) is 11.9 Å². The van der Waals surface area contributed by atoms with Gasteiger partial charge in [0.1, 0.15) is 18.0 Å². The number of rotatable bonds is 5. The third-order valence-corrected chi connectivity index (χ3v) is 5.62. The van der Waals surface area contributed by atoms with Gasteiger partial charge in [-0.15, -0.1) is 0 Å². The molecule has 4 rings (SSSR count). The second-order valence-corrected chi connectivity index (χ2v) is 6.60. The summed E-state index contributed by atoms with van der Waals surface area (Å²) in [5, 5.41) is 3.70. The Morgan fingerprint density at radius 3 is 2.55 bits per heavy atom. The molecule has 5 nitrogen and oxygen atoms in total. The summed E-state index contributed by atoms with van der Waals surface area (Å²) >= 11 is 0. The maximum absolute atomic E-state index is 5.57. The minimum absolute atomic E-state index is 0.650. The van der Waals surface area contributed by atoms with Gasteiger partial charge in [-0.05, 0) is 49.4 Å². The van der Waals surface area contributed by atoms with Gasteiger partial charge in [-0.2, -0.15) is 0 Å². The van der Waals surface area contributed by atoms with Gasteiger partial charge in [-0.3, -0.25) is 0 Å². The number of anilines is 2. The molecule has 1 aromatic heterocycles. The SMILES string of the molecule is CCCc1c(NN)ncnc1NC1C2C3CCC(C3)C12.